The van der Waals surface area contributed by atoms with Crippen molar-refractivity contribution in [1.82, 2.24) is 0 Å². The second kappa shape index (κ2) is 6.91. The van der Waals surface area contributed by atoms with Crippen molar-refractivity contribution in [2.75, 3.05) is 0 Å². The highest BCUT2D eigenvalue weighted by atomic mass is 79.9. The van der Waals surface area contributed by atoms with Crippen LogP contribution in [-0.2, 0) is 13.0 Å². The number of aryl methyl sites for hydroxylation is 1. The van der Waals surface area contributed by atoms with Gasteiger partial charge in [0.25, 0.3) is 0 Å². The molecule has 2 rings (SSSR count). The van der Waals surface area contributed by atoms with Crippen LogP contribution in [0.25, 0.3) is 0 Å². The first-order valence-electron chi connectivity index (χ1n) is 6.70. The van der Waals surface area contributed by atoms with E-state index in [-0.39, 0.29) is 6.10 Å². The second-order valence-corrected chi connectivity index (χ2v) is 5.89. The van der Waals surface area contributed by atoms with Gasteiger partial charge in [0.2, 0.25) is 0 Å². The van der Waals surface area contributed by atoms with E-state index < -0.39 is 0 Å². The van der Waals surface area contributed by atoms with Gasteiger partial charge in [0.05, 0.1) is 6.10 Å². The summed E-state index contributed by atoms with van der Waals surface area (Å²) >= 11 is 3.53. The minimum absolute atomic E-state index is 0.380. The Morgan fingerprint density at radius 1 is 1.20 bits per heavy atom. The molecule has 0 aliphatic carbocycles. The summed E-state index contributed by atoms with van der Waals surface area (Å²) in [5, 5.41) is 9.61. The lowest BCUT2D eigenvalue weighted by atomic mass is 10.0. The molecule has 1 atom stereocenters. The van der Waals surface area contributed by atoms with Gasteiger partial charge in [0.1, 0.15) is 12.4 Å². The summed E-state index contributed by atoms with van der Waals surface area (Å²) in [5.41, 5.74) is 3.32. The Bertz CT molecular complexity index is 565. The number of hydrogen-bond acceptors (Lipinski definition) is 2. The molecule has 0 saturated heterocycles. The number of aliphatic hydroxyl groups excluding tert-OH is 1. The molecular formula is C17H19BrO2. The van der Waals surface area contributed by atoms with Gasteiger partial charge in [-0.15, -0.1) is 0 Å². The number of rotatable bonds is 5. The first kappa shape index (κ1) is 15.1. The number of ether oxygens (including phenoxy) is 1. The summed E-state index contributed by atoms with van der Waals surface area (Å²) in [6.07, 6.45) is 0.216. The van der Waals surface area contributed by atoms with E-state index in [2.05, 4.69) is 22.0 Å². The van der Waals surface area contributed by atoms with Gasteiger partial charge in [-0.1, -0.05) is 52.3 Å². The molecule has 0 spiro atoms. The Balaban J connectivity index is 2.19. The van der Waals surface area contributed by atoms with E-state index in [0.29, 0.717) is 13.0 Å². The summed E-state index contributed by atoms with van der Waals surface area (Å²) in [6.45, 7) is 4.36. The van der Waals surface area contributed by atoms with Gasteiger partial charge in [-0.05, 0) is 36.6 Å². The molecule has 0 aromatic heterocycles. The van der Waals surface area contributed by atoms with Gasteiger partial charge in [-0.25, -0.2) is 0 Å². The zero-order valence-corrected chi connectivity index (χ0v) is 13.4. The predicted octanol–water partition coefficient (Wildman–Crippen LogP) is 4.26. The molecular weight excluding hydrogens is 316 g/mol. The van der Waals surface area contributed by atoms with Gasteiger partial charge >= 0.3 is 0 Å². The Kier molecular flexibility index (Phi) is 5.21. The monoisotopic (exact) mass is 334 g/mol. The van der Waals surface area contributed by atoms with Crippen LogP contribution >= 0.6 is 15.9 Å². The topological polar surface area (TPSA) is 29.5 Å². The molecule has 20 heavy (non-hydrogen) atoms. The molecule has 2 aromatic rings. The quantitative estimate of drug-likeness (QED) is 0.885. The smallest absolute Gasteiger partial charge is 0.124 e. The molecule has 0 amide bonds. The highest BCUT2D eigenvalue weighted by Gasteiger charge is 2.10. The van der Waals surface area contributed by atoms with Crippen LogP contribution in [0.4, 0.5) is 0 Å². The van der Waals surface area contributed by atoms with Gasteiger partial charge in [0.15, 0.2) is 0 Å². The summed E-state index contributed by atoms with van der Waals surface area (Å²) in [7, 11) is 0. The Morgan fingerprint density at radius 2 is 1.90 bits per heavy atom. The maximum atomic E-state index is 9.61. The zero-order chi connectivity index (χ0) is 14.5. The molecule has 0 aliphatic rings. The largest absolute Gasteiger partial charge is 0.489 e. The normalized spacial score (nSPS) is 12.2. The van der Waals surface area contributed by atoms with Crippen molar-refractivity contribution < 1.29 is 9.84 Å². The molecule has 0 heterocycles. The molecule has 0 bridgehead atoms. The number of benzene rings is 2. The van der Waals surface area contributed by atoms with Gasteiger partial charge in [0, 0.05) is 10.9 Å². The average Bonchev–Trinajstić information content (AvgIpc) is 2.42. The van der Waals surface area contributed by atoms with Gasteiger partial charge in [-0.3, -0.25) is 0 Å². The van der Waals surface area contributed by atoms with Crippen LogP contribution in [-0.4, -0.2) is 11.2 Å². The van der Waals surface area contributed by atoms with Crippen LogP contribution in [0, 0.1) is 6.92 Å². The van der Waals surface area contributed by atoms with Crippen molar-refractivity contribution in [3.63, 3.8) is 0 Å². The first-order chi connectivity index (χ1) is 9.56. The SMILES string of the molecule is Cc1cc(CC(C)O)c(OCc2ccccc2)cc1Br. The van der Waals surface area contributed by atoms with E-state index in [4.69, 9.17) is 4.74 Å². The van der Waals surface area contributed by atoms with Crippen molar-refractivity contribution in [2.45, 2.75) is 33.0 Å². The van der Waals surface area contributed by atoms with Crippen molar-refractivity contribution >= 4 is 15.9 Å². The first-order valence-corrected chi connectivity index (χ1v) is 7.49. The molecule has 3 heteroatoms. The maximum absolute atomic E-state index is 9.61. The van der Waals surface area contributed by atoms with Crippen LogP contribution < -0.4 is 4.74 Å². The Morgan fingerprint density at radius 3 is 2.55 bits per heavy atom. The molecule has 106 valence electrons. The fourth-order valence-electron chi connectivity index (χ4n) is 2.07. The van der Waals surface area contributed by atoms with E-state index >= 15 is 0 Å². The minimum atomic E-state index is -0.380. The van der Waals surface area contributed by atoms with Crippen LogP contribution in [0.3, 0.4) is 0 Å². The lowest BCUT2D eigenvalue weighted by Crippen LogP contribution is -2.07. The molecule has 2 nitrogen and oxygen atoms in total. The fourth-order valence-corrected chi connectivity index (χ4v) is 2.39. The summed E-state index contributed by atoms with van der Waals surface area (Å²) in [6, 6.07) is 14.1. The second-order valence-electron chi connectivity index (χ2n) is 5.04. The third-order valence-electron chi connectivity index (χ3n) is 3.09. The lowest BCUT2D eigenvalue weighted by molar-refractivity contribution is 0.193. The van der Waals surface area contributed by atoms with Crippen molar-refractivity contribution in [3.05, 3.63) is 63.6 Å². The fraction of sp³-hybridized carbons (Fsp3) is 0.294. The standard InChI is InChI=1S/C17H19BrO2/c1-12-8-15(9-13(2)19)17(10-16(12)18)20-11-14-6-4-3-5-7-14/h3-8,10,13,19H,9,11H2,1-2H3. The predicted molar refractivity (Wildman–Crippen MR) is 85.0 cm³/mol. The van der Waals surface area contributed by atoms with Crippen LogP contribution in [0.2, 0.25) is 0 Å². The van der Waals surface area contributed by atoms with E-state index in [1.54, 1.807) is 6.92 Å². The average molecular weight is 335 g/mol. The van der Waals surface area contributed by atoms with E-state index in [1.165, 1.54) is 0 Å². The molecule has 0 aliphatic heterocycles. The van der Waals surface area contributed by atoms with E-state index in [9.17, 15) is 5.11 Å². The molecule has 0 saturated carbocycles. The van der Waals surface area contributed by atoms with Crippen molar-refractivity contribution in [2.24, 2.45) is 0 Å². The van der Waals surface area contributed by atoms with E-state index in [1.807, 2.05) is 43.3 Å². The Labute approximate surface area is 128 Å². The Hall–Kier alpha value is -1.32. The number of hydrogen-bond donors (Lipinski definition) is 1. The van der Waals surface area contributed by atoms with Gasteiger partial charge in [-0.2, -0.15) is 0 Å². The van der Waals surface area contributed by atoms with Crippen molar-refractivity contribution in [3.8, 4) is 5.75 Å². The minimum Gasteiger partial charge on any atom is -0.489 e. The number of halogens is 1. The summed E-state index contributed by atoms with van der Waals surface area (Å²) in [4.78, 5) is 0. The molecule has 2 aromatic carbocycles. The summed E-state index contributed by atoms with van der Waals surface area (Å²) in [5.74, 6) is 0.826. The van der Waals surface area contributed by atoms with Crippen LogP contribution in [0.5, 0.6) is 5.75 Å². The lowest BCUT2D eigenvalue weighted by Gasteiger charge is -2.15. The van der Waals surface area contributed by atoms with Crippen LogP contribution in [0.15, 0.2) is 46.9 Å². The zero-order valence-electron chi connectivity index (χ0n) is 11.8. The molecule has 1 unspecified atom stereocenters. The maximum Gasteiger partial charge on any atom is 0.124 e. The highest BCUT2D eigenvalue weighted by molar-refractivity contribution is 9.10. The summed E-state index contributed by atoms with van der Waals surface area (Å²) < 4.78 is 6.94. The number of aliphatic hydroxyl groups is 1. The molecule has 0 fully saturated rings. The third-order valence-corrected chi connectivity index (χ3v) is 3.95. The molecule has 1 N–H and O–H groups in total. The van der Waals surface area contributed by atoms with Crippen LogP contribution in [0.1, 0.15) is 23.6 Å². The third kappa shape index (κ3) is 4.09. The highest BCUT2D eigenvalue weighted by Crippen LogP contribution is 2.29. The van der Waals surface area contributed by atoms with E-state index in [0.717, 1.165) is 26.9 Å². The molecule has 0 radical (unpaired) electrons. The van der Waals surface area contributed by atoms with Gasteiger partial charge < -0.3 is 9.84 Å². The van der Waals surface area contributed by atoms with Crippen molar-refractivity contribution in [1.29, 1.82) is 0 Å².